The molecule has 2 amide bonds. The van der Waals surface area contributed by atoms with E-state index in [0.29, 0.717) is 23.3 Å². The third-order valence-corrected chi connectivity index (χ3v) is 4.30. The number of unbranched alkanes of at least 4 members (excludes halogenated alkanes) is 4. The van der Waals surface area contributed by atoms with Crippen LogP contribution in [0.25, 0.3) is 5.57 Å². The highest BCUT2D eigenvalue weighted by atomic mass is 16.5. The van der Waals surface area contributed by atoms with E-state index in [4.69, 9.17) is 4.74 Å². The molecule has 0 spiro atoms. The molecule has 25 heavy (non-hydrogen) atoms. The number of rotatable bonds is 8. The maximum Gasteiger partial charge on any atom is 0.241 e. The van der Waals surface area contributed by atoms with Crippen molar-refractivity contribution in [1.29, 1.82) is 0 Å². The highest BCUT2D eigenvalue weighted by molar-refractivity contribution is 6.29. The molecule has 0 aliphatic carbocycles. The Morgan fingerprint density at radius 3 is 2.56 bits per heavy atom. The average molecular weight is 343 g/mol. The molecule has 1 heterocycles. The number of nitrogens with zero attached hydrogens (tertiary/aromatic N) is 1. The van der Waals surface area contributed by atoms with Crippen molar-refractivity contribution in [3.05, 3.63) is 36.0 Å². The largest absolute Gasteiger partial charge is 0.496 e. The Bertz CT molecular complexity index is 678. The van der Waals surface area contributed by atoms with Gasteiger partial charge in [-0.1, -0.05) is 50.8 Å². The van der Waals surface area contributed by atoms with E-state index in [-0.39, 0.29) is 18.1 Å². The quantitative estimate of drug-likeness (QED) is 0.533. The molecular formula is C20H25NO4. The Balaban J connectivity index is 2.15. The van der Waals surface area contributed by atoms with Crippen LogP contribution in [0.2, 0.25) is 0 Å². The molecule has 0 atom stereocenters. The summed E-state index contributed by atoms with van der Waals surface area (Å²) in [5.41, 5.74) is 0.944. The van der Waals surface area contributed by atoms with E-state index >= 15 is 0 Å². The van der Waals surface area contributed by atoms with Crippen LogP contribution in [-0.4, -0.2) is 29.6 Å². The predicted molar refractivity (Wildman–Crippen MR) is 95.8 cm³/mol. The molecule has 1 aromatic rings. The SMILES string of the molecule is CCCCCCCC(=O)N1C=C(c2ccccc2OC)C(=O)CC1=O. The van der Waals surface area contributed by atoms with E-state index in [1.54, 1.807) is 24.3 Å². The van der Waals surface area contributed by atoms with Crippen LogP contribution >= 0.6 is 0 Å². The van der Waals surface area contributed by atoms with Crippen molar-refractivity contribution in [1.82, 2.24) is 4.90 Å². The van der Waals surface area contributed by atoms with Crippen LogP contribution in [-0.2, 0) is 14.4 Å². The van der Waals surface area contributed by atoms with Crippen molar-refractivity contribution < 1.29 is 19.1 Å². The maximum absolute atomic E-state index is 12.4. The van der Waals surface area contributed by atoms with E-state index in [1.165, 1.54) is 13.3 Å². The molecule has 0 unspecified atom stereocenters. The van der Waals surface area contributed by atoms with Crippen molar-refractivity contribution in [2.45, 2.75) is 51.9 Å². The van der Waals surface area contributed by atoms with Gasteiger partial charge in [0.2, 0.25) is 11.8 Å². The van der Waals surface area contributed by atoms with Crippen LogP contribution in [0.3, 0.4) is 0 Å². The van der Waals surface area contributed by atoms with Crippen molar-refractivity contribution in [2.24, 2.45) is 0 Å². The number of Topliss-reactive ketones (excluding diaryl/α,β-unsaturated/α-hetero) is 1. The number of para-hydroxylation sites is 1. The second-order valence-electron chi connectivity index (χ2n) is 6.16. The third-order valence-electron chi connectivity index (χ3n) is 4.30. The molecule has 0 aromatic heterocycles. The minimum Gasteiger partial charge on any atom is -0.496 e. The van der Waals surface area contributed by atoms with Gasteiger partial charge in [0, 0.05) is 23.8 Å². The van der Waals surface area contributed by atoms with Crippen LogP contribution in [0.4, 0.5) is 0 Å². The van der Waals surface area contributed by atoms with Gasteiger partial charge in [-0.25, -0.2) is 0 Å². The number of hydrogen-bond acceptors (Lipinski definition) is 4. The summed E-state index contributed by atoms with van der Waals surface area (Å²) < 4.78 is 5.29. The van der Waals surface area contributed by atoms with Gasteiger partial charge in [-0.3, -0.25) is 19.3 Å². The van der Waals surface area contributed by atoms with Gasteiger partial charge in [0.15, 0.2) is 5.78 Å². The van der Waals surface area contributed by atoms with Gasteiger partial charge in [-0.05, 0) is 12.5 Å². The zero-order valence-electron chi connectivity index (χ0n) is 14.9. The number of imide groups is 1. The average Bonchev–Trinajstić information content (AvgIpc) is 2.61. The van der Waals surface area contributed by atoms with Crippen LogP contribution in [0.15, 0.2) is 30.5 Å². The van der Waals surface area contributed by atoms with Crippen molar-refractivity contribution >= 4 is 23.2 Å². The first-order valence-corrected chi connectivity index (χ1v) is 8.81. The third kappa shape index (κ3) is 4.78. The minimum atomic E-state index is -0.456. The van der Waals surface area contributed by atoms with E-state index < -0.39 is 5.91 Å². The summed E-state index contributed by atoms with van der Waals surface area (Å²) in [6, 6.07) is 7.11. The zero-order chi connectivity index (χ0) is 18.2. The molecule has 0 fully saturated rings. The van der Waals surface area contributed by atoms with Crippen molar-refractivity contribution in [2.75, 3.05) is 7.11 Å². The smallest absolute Gasteiger partial charge is 0.241 e. The number of carbonyl (C=O) groups is 3. The summed E-state index contributed by atoms with van der Waals surface area (Å²) in [5, 5.41) is 0. The molecule has 0 N–H and O–H groups in total. The Kier molecular flexibility index (Phi) is 6.92. The zero-order valence-corrected chi connectivity index (χ0v) is 14.9. The molecule has 1 aromatic carbocycles. The fraction of sp³-hybridized carbons (Fsp3) is 0.450. The highest BCUT2D eigenvalue weighted by Crippen LogP contribution is 2.30. The second kappa shape index (κ2) is 9.16. The molecule has 0 radical (unpaired) electrons. The number of hydrogen-bond donors (Lipinski definition) is 0. The number of ketones is 1. The molecule has 1 aliphatic rings. The number of ether oxygens (including phenoxy) is 1. The molecule has 5 nitrogen and oxygen atoms in total. The first kappa shape index (κ1) is 18.9. The normalized spacial score (nSPS) is 14.5. The summed E-state index contributed by atoms with van der Waals surface area (Å²) in [6.07, 6.45) is 6.54. The van der Waals surface area contributed by atoms with E-state index in [0.717, 1.165) is 37.0 Å². The topological polar surface area (TPSA) is 63.7 Å². The van der Waals surface area contributed by atoms with Gasteiger partial charge in [-0.15, -0.1) is 0 Å². The monoisotopic (exact) mass is 343 g/mol. The van der Waals surface area contributed by atoms with Gasteiger partial charge < -0.3 is 4.74 Å². The van der Waals surface area contributed by atoms with Crippen LogP contribution in [0.5, 0.6) is 5.75 Å². The van der Waals surface area contributed by atoms with Gasteiger partial charge in [0.25, 0.3) is 0 Å². The number of methoxy groups -OCH3 is 1. The standard InChI is InChI=1S/C20H25NO4/c1-3-4-5-6-7-12-19(23)21-14-16(17(22)13-20(21)24)15-10-8-9-11-18(15)25-2/h8-11,14H,3-7,12-13H2,1-2H3. The second-order valence-corrected chi connectivity index (χ2v) is 6.16. The Hall–Kier alpha value is -2.43. The molecule has 0 bridgehead atoms. The first-order valence-electron chi connectivity index (χ1n) is 8.81. The maximum atomic E-state index is 12.4. The summed E-state index contributed by atoms with van der Waals surface area (Å²) in [7, 11) is 1.52. The van der Waals surface area contributed by atoms with Gasteiger partial charge in [0.1, 0.15) is 5.75 Å². The van der Waals surface area contributed by atoms with E-state index in [1.807, 2.05) is 0 Å². The van der Waals surface area contributed by atoms with Crippen LogP contribution in [0.1, 0.15) is 57.4 Å². The minimum absolute atomic E-state index is 0.249. The fourth-order valence-electron chi connectivity index (χ4n) is 2.89. The van der Waals surface area contributed by atoms with Gasteiger partial charge in [-0.2, -0.15) is 0 Å². The molecule has 134 valence electrons. The Morgan fingerprint density at radius 2 is 1.84 bits per heavy atom. The molecule has 0 saturated carbocycles. The molecule has 1 aliphatic heterocycles. The lowest BCUT2D eigenvalue weighted by atomic mass is 9.96. The summed E-state index contributed by atoms with van der Waals surface area (Å²) >= 11 is 0. The van der Waals surface area contributed by atoms with Crippen LogP contribution in [0, 0.1) is 0 Å². The van der Waals surface area contributed by atoms with Crippen molar-refractivity contribution in [3.8, 4) is 5.75 Å². The number of allylic oxidation sites excluding steroid dienone is 1. The first-order chi connectivity index (χ1) is 12.1. The number of amides is 2. The number of benzene rings is 1. The van der Waals surface area contributed by atoms with Gasteiger partial charge in [0.05, 0.1) is 13.5 Å². The Morgan fingerprint density at radius 1 is 1.12 bits per heavy atom. The van der Waals surface area contributed by atoms with Crippen molar-refractivity contribution in [3.63, 3.8) is 0 Å². The molecule has 5 heteroatoms. The van der Waals surface area contributed by atoms with E-state index in [9.17, 15) is 14.4 Å². The van der Waals surface area contributed by atoms with Gasteiger partial charge >= 0.3 is 0 Å². The Labute approximate surface area is 148 Å². The number of carbonyl (C=O) groups excluding carboxylic acids is 3. The summed E-state index contributed by atoms with van der Waals surface area (Å²) in [6.45, 7) is 2.14. The lowest BCUT2D eigenvalue weighted by molar-refractivity contribution is -0.142. The summed E-state index contributed by atoms with van der Waals surface area (Å²) in [4.78, 5) is 37.9. The fourth-order valence-corrected chi connectivity index (χ4v) is 2.89. The highest BCUT2D eigenvalue weighted by Gasteiger charge is 2.30. The molecular weight excluding hydrogens is 318 g/mol. The van der Waals surface area contributed by atoms with Crippen LogP contribution < -0.4 is 4.74 Å². The van der Waals surface area contributed by atoms with E-state index in [2.05, 4.69) is 6.92 Å². The molecule has 0 saturated heterocycles. The lowest BCUT2D eigenvalue weighted by Gasteiger charge is -2.23. The summed E-state index contributed by atoms with van der Waals surface area (Å²) in [5.74, 6) is -0.450. The predicted octanol–water partition coefficient (Wildman–Crippen LogP) is 3.72. The molecule has 2 rings (SSSR count). The lowest BCUT2D eigenvalue weighted by Crippen LogP contribution is -2.37.